The number of likely N-dealkylation sites (tertiary alicyclic amines) is 1. The molecule has 1 aliphatic heterocycles. The second-order valence-corrected chi connectivity index (χ2v) is 6.60. The second-order valence-electron chi connectivity index (χ2n) is 6.60. The molecule has 1 aliphatic rings. The third-order valence-electron chi connectivity index (χ3n) is 4.85. The SMILES string of the molecule is COc1cccc([C@H]2CCCN2C(=O)c2cnc(Cn3cncn3)[nH]c2=O)c1. The third-order valence-corrected chi connectivity index (χ3v) is 4.85. The van der Waals surface area contributed by atoms with Crippen molar-refractivity contribution < 1.29 is 9.53 Å². The van der Waals surface area contributed by atoms with E-state index in [4.69, 9.17) is 4.74 Å². The highest BCUT2D eigenvalue weighted by molar-refractivity contribution is 5.94. The molecule has 0 aliphatic carbocycles. The van der Waals surface area contributed by atoms with Crippen molar-refractivity contribution in [2.45, 2.75) is 25.4 Å². The van der Waals surface area contributed by atoms with Crippen LogP contribution in [0, 0.1) is 0 Å². The van der Waals surface area contributed by atoms with Crippen molar-refractivity contribution in [3.05, 3.63) is 70.4 Å². The Morgan fingerprint density at radius 3 is 3.04 bits per heavy atom. The highest BCUT2D eigenvalue weighted by atomic mass is 16.5. The van der Waals surface area contributed by atoms with E-state index in [0.717, 1.165) is 24.2 Å². The number of benzene rings is 1. The molecule has 3 aromatic rings. The molecule has 1 fully saturated rings. The zero-order valence-corrected chi connectivity index (χ0v) is 15.4. The fourth-order valence-electron chi connectivity index (χ4n) is 3.49. The summed E-state index contributed by atoms with van der Waals surface area (Å²) < 4.78 is 6.83. The number of carbonyl (C=O) groups is 1. The Balaban J connectivity index is 1.57. The maximum absolute atomic E-state index is 13.0. The number of hydrogen-bond donors (Lipinski definition) is 1. The molecule has 0 spiro atoms. The monoisotopic (exact) mass is 380 g/mol. The van der Waals surface area contributed by atoms with E-state index in [0.29, 0.717) is 12.4 Å². The van der Waals surface area contributed by atoms with E-state index in [1.807, 2.05) is 24.3 Å². The summed E-state index contributed by atoms with van der Waals surface area (Å²) in [5.41, 5.74) is 0.584. The van der Waals surface area contributed by atoms with Gasteiger partial charge in [-0.1, -0.05) is 12.1 Å². The zero-order chi connectivity index (χ0) is 19.5. The van der Waals surface area contributed by atoms with Gasteiger partial charge in [-0.25, -0.2) is 14.6 Å². The zero-order valence-electron chi connectivity index (χ0n) is 15.4. The molecular weight excluding hydrogens is 360 g/mol. The van der Waals surface area contributed by atoms with Crippen LogP contribution in [-0.4, -0.2) is 49.2 Å². The molecule has 9 nitrogen and oxygen atoms in total. The van der Waals surface area contributed by atoms with Crippen molar-refractivity contribution in [2.75, 3.05) is 13.7 Å². The quantitative estimate of drug-likeness (QED) is 0.717. The molecule has 9 heteroatoms. The summed E-state index contributed by atoms with van der Waals surface area (Å²) in [6, 6.07) is 7.59. The van der Waals surface area contributed by atoms with Gasteiger partial charge in [-0.15, -0.1) is 0 Å². The largest absolute Gasteiger partial charge is 0.497 e. The molecule has 0 unspecified atom stereocenters. The summed E-state index contributed by atoms with van der Waals surface area (Å²) in [7, 11) is 1.61. The van der Waals surface area contributed by atoms with E-state index >= 15 is 0 Å². The first-order valence-corrected chi connectivity index (χ1v) is 9.01. The van der Waals surface area contributed by atoms with Gasteiger partial charge in [-0.2, -0.15) is 5.10 Å². The van der Waals surface area contributed by atoms with Crippen LogP contribution >= 0.6 is 0 Å². The number of nitrogens with zero attached hydrogens (tertiary/aromatic N) is 5. The van der Waals surface area contributed by atoms with E-state index in [9.17, 15) is 9.59 Å². The van der Waals surface area contributed by atoms with E-state index < -0.39 is 5.56 Å². The molecule has 1 atom stereocenters. The average molecular weight is 380 g/mol. The van der Waals surface area contributed by atoms with Gasteiger partial charge in [0.05, 0.1) is 13.2 Å². The molecule has 28 heavy (non-hydrogen) atoms. The highest BCUT2D eigenvalue weighted by Gasteiger charge is 2.32. The lowest BCUT2D eigenvalue weighted by Crippen LogP contribution is -2.35. The standard InChI is InChI=1S/C19H20N6O3/c1-28-14-5-2-4-13(8-14)16-6-3-7-25(16)19(27)15-9-21-17(23-18(15)26)10-24-12-20-11-22-24/h2,4-5,8-9,11-12,16H,3,6-7,10H2,1H3,(H,21,23,26)/t16-/m1/s1. The minimum atomic E-state index is -0.452. The summed E-state index contributed by atoms with van der Waals surface area (Å²) in [5.74, 6) is 0.845. The topological polar surface area (TPSA) is 106 Å². The summed E-state index contributed by atoms with van der Waals surface area (Å²) >= 11 is 0. The second kappa shape index (κ2) is 7.63. The Hall–Kier alpha value is -3.49. The molecule has 4 rings (SSSR count). The first kappa shape index (κ1) is 17.9. The van der Waals surface area contributed by atoms with E-state index in [2.05, 4.69) is 20.1 Å². The molecule has 144 valence electrons. The van der Waals surface area contributed by atoms with Crippen LogP contribution in [0.1, 0.15) is 40.6 Å². The molecule has 1 aromatic carbocycles. The lowest BCUT2D eigenvalue weighted by molar-refractivity contribution is 0.0733. The fraction of sp³-hybridized carbons (Fsp3) is 0.316. The Labute approximate surface area is 161 Å². The van der Waals surface area contributed by atoms with Crippen LogP contribution in [0.15, 0.2) is 47.9 Å². The van der Waals surface area contributed by atoms with Gasteiger partial charge in [0, 0.05) is 12.7 Å². The van der Waals surface area contributed by atoms with Gasteiger partial charge in [-0.05, 0) is 30.5 Å². The minimum absolute atomic E-state index is 0.0390. The Bertz CT molecular complexity index is 1030. The lowest BCUT2D eigenvalue weighted by atomic mass is 10.0. The maximum atomic E-state index is 13.0. The molecule has 0 bridgehead atoms. The van der Waals surface area contributed by atoms with Crippen molar-refractivity contribution in [1.29, 1.82) is 0 Å². The van der Waals surface area contributed by atoms with Gasteiger partial charge in [0.15, 0.2) is 0 Å². The normalized spacial score (nSPS) is 16.3. The summed E-state index contributed by atoms with van der Waals surface area (Å²) in [6.07, 6.45) is 6.00. The van der Waals surface area contributed by atoms with Crippen molar-refractivity contribution in [3.8, 4) is 5.75 Å². The van der Waals surface area contributed by atoms with Crippen molar-refractivity contribution in [2.24, 2.45) is 0 Å². The number of rotatable bonds is 5. The van der Waals surface area contributed by atoms with Gasteiger partial charge in [0.1, 0.15) is 36.3 Å². The number of nitrogens with one attached hydrogen (secondary N) is 1. The number of aromatic nitrogens is 5. The van der Waals surface area contributed by atoms with Crippen molar-refractivity contribution in [1.82, 2.24) is 29.6 Å². The molecule has 1 amide bonds. The van der Waals surface area contributed by atoms with Gasteiger partial charge in [-0.3, -0.25) is 9.59 Å². The number of ether oxygens (including phenoxy) is 1. The Morgan fingerprint density at radius 1 is 1.39 bits per heavy atom. The average Bonchev–Trinajstić information content (AvgIpc) is 3.39. The summed E-state index contributed by atoms with van der Waals surface area (Å²) in [6.45, 7) is 0.876. The predicted octanol–water partition coefficient (Wildman–Crippen LogP) is 1.40. The van der Waals surface area contributed by atoms with Crippen LogP contribution in [0.3, 0.4) is 0 Å². The molecule has 1 N–H and O–H groups in total. The minimum Gasteiger partial charge on any atom is -0.497 e. The molecule has 3 heterocycles. The van der Waals surface area contributed by atoms with Crippen LogP contribution in [0.4, 0.5) is 0 Å². The first-order chi connectivity index (χ1) is 13.7. The summed E-state index contributed by atoms with van der Waals surface area (Å²) in [4.78, 5) is 38.0. The van der Waals surface area contributed by atoms with Gasteiger partial charge in [0.25, 0.3) is 11.5 Å². The van der Waals surface area contributed by atoms with Crippen LogP contribution in [0.5, 0.6) is 5.75 Å². The van der Waals surface area contributed by atoms with Crippen LogP contribution < -0.4 is 10.3 Å². The molecular formula is C19H20N6O3. The van der Waals surface area contributed by atoms with Crippen LogP contribution in [-0.2, 0) is 6.54 Å². The number of hydrogen-bond acceptors (Lipinski definition) is 6. The van der Waals surface area contributed by atoms with E-state index in [-0.39, 0.29) is 24.1 Å². The van der Waals surface area contributed by atoms with Gasteiger partial charge in [0.2, 0.25) is 0 Å². The van der Waals surface area contributed by atoms with Gasteiger partial charge < -0.3 is 14.6 Å². The molecule has 0 radical (unpaired) electrons. The van der Waals surface area contributed by atoms with Gasteiger partial charge >= 0.3 is 0 Å². The fourth-order valence-corrected chi connectivity index (χ4v) is 3.49. The number of carbonyl (C=O) groups excluding carboxylic acids is 1. The lowest BCUT2D eigenvalue weighted by Gasteiger charge is -2.25. The molecule has 2 aromatic heterocycles. The third kappa shape index (κ3) is 3.51. The highest BCUT2D eigenvalue weighted by Crippen LogP contribution is 2.34. The Kier molecular flexibility index (Phi) is 4.88. The number of amides is 1. The number of methoxy groups -OCH3 is 1. The number of H-pyrrole nitrogens is 1. The van der Waals surface area contributed by atoms with Crippen molar-refractivity contribution in [3.63, 3.8) is 0 Å². The first-order valence-electron chi connectivity index (χ1n) is 9.01. The van der Waals surface area contributed by atoms with E-state index in [1.165, 1.54) is 18.9 Å². The summed E-state index contributed by atoms with van der Waals surface area (Å²) in [5, 5.41) is 3.98. The van der Waals surface area contributed by atoms with Crippen molar-refractivity contribution >= 4 is 5.91 Å². The maximum Gasteiger partial charge on any atom is 0.263 e. The van der Waals surface area contributed by atoms with E-state index in [1.54, 1.807) is 16.7 Å². The number of aromatic amines is 1. The molecule has 0 saturated carbocycles. The Morgan fingerprint density at radius 2 is 2.29 bits per heavy atom. The predicted molar refractivity (Wildman–Crippen MR) is 100.0 cm³/mol. The molecule has 1 saturated heterocycles. The van der Waals surface area contributed by atoms with Crippen LogP contribution in [0.25, 0.3) is 0 Å². The van der Waals surface area contributed by atoms with Crippen LogP contribution in [0.2, 0.25) is 0 Å². The smallest absolute Gasteiger partial charge is 0.263 e.